The van der Waals surface area contributed by atoms with Gasteiger partial charge < -0.3 is 4.90 Å². The summed E-state index contributed by atoms with van der Waals surface area (Å²) in [5, 5.41) is 14.1. The van der Waals surface area contributed by atoms with Crippen LogP contribution in [-0.4, -0.2) is 32.8 Å². The molecule has 150 valence electrons. The quantitative estimate of drug-likeness (QED) is 0.671. The molecule has 1 aliphatic carbocycles. The predicted molar refractivity (Wildman–Crippen MR) is 113 cm³/mol. The zero-order chi connectivity index (χ0) is 20.5. The fraction of sp³-hybridized carbons (Fsp3) is 0.348. The van der Waals surface area contributed by atoms with E-state index < -0.39 is 0 Å². The molecular formula is C23H22N6O. The van der Waals surface area contributed by atoms with E-state index in [-0.39, 0.29) is 5.56 Å². The summed E-state index contributed by atoms with van der Waals surface area (Å²) in [6.07, 6.45) is 7.78. The molecule has 1 saturated heterocycles. The number of fused-ring (bicyclic) bond motifs is 1. The van der Waals surface area contributed by atoms with E-state index in [1.54, 1.807) is 29.2 Å². The summed E-state index contributed by atoms with van der Waals surface area (Å²) < 4.78 is 1.54. The second-order valence-electron chi connectivity index (χ2n) is 8.03. The van der Waals surface area contributed by atoms with Gasteiger partial charge in [-0.3, -0.25) is 9.78 Å². The third-order valence-electron chi connectivity index (χ3n) is 5.93. The van der Waals surface area contributed by atoms with Crippen LogP contribution in [0.2, 0.25) is 0 Å². The van der Waals surface area contributed by atoms with Gasteiger partial charge in [-0.2, -0.15) is 10.4 Å². The van der Waals surface area contributed by atoms with Gasteiger partial charge in [0.05, 0.1) is 17.8 Å². The van der Waals surface area contributed by atoms with Gasteiger partial charge in [0.1, 0.15) is 11.9 Å². The molecular weight excluding hydrogens is 376 g/mol. The molecule has 0 radical (unpaired) electrons. The monoisotopic (exact) mass is 398 g/mol. The number of pyridine rings is 2. The normalized spacial score (nSPS) is 15.9. The molecule has 0 amide bonds. The Morgan fingerprint density at radius 1 is 1.10 bits per heavy atom. The molecule has 3 aromatic rings. The van der Waals surface area contributed by atoms with Crippen LogP contribution in [0.25, 0.3) is 11.3 Å². The molecule has 7 heteroatoms. The van der Waals surface area contributed by atoms with Crippen molar-refractivity contribution in [3.8, 4) is 17.3 Å². The van der Waals surface area contributed by atoms with Crippen LogP contribution in [0.15, 0.2) is 47.5 Å². The number of nitriles is 1. The molecule has 0 unspecified atom stereocenters. The van der Waals surface area contributed by atoms with Crippen LogP contribution in [-0.2, 0) is 19.4 Å². The van der Waals surface area contributed by atoms with Crippen molar-refractivity contribution in [3.05, 3.63) is 69.9 Å². The smallest absolute Gasteiger partial charge is 0.266 e. The molecule has 5 rings (SSSR count). The molecule has 2 aliphatic rings. The molecule has 7 nitrogen and oxygen atoms in total. The van der Waals surface area contributed by atoms with Crippen molar-refractivity contribution in [1.29, 1.82) is 5.26 Å². The van der Waals surface area contributed by atoms with Crippen molar-refractivity contribution >= 4 is 5.82 Å². The Morgan fingerprint density at radius 3 is 2.70 bits per heavy atom. The van der Waals surface area contributed by atoms with E-state index in [0.717, 1.165) is 55.1 Å². The first-order valence-electron chi connectivity index (χ1n) is 10.4. The van der Waals surface area contributed by atoms with Crippen LogP contribution < -0.4 is 10.5 Å². The Morgan fingerprint density at radius 2 is 1.90 bits per heavy atom. The van der Waals surface area contributed by atoms with Crippen molar-refractivity contribution in [3.63, 3.8) is 0 Å². The van der Waals surface area contributed by atoms with E-state index in [4.69, 9.17) is 4.98 Å². The number of aromatic nitrogens is 4. The van der Waals surface area contributed by atoms with Gasteiger partial charge in [-0.25, -0.2) is 9.67 Å². The van der Waals surface area contributed by atoms with Crippen LogP contribution in [0.4, 0.5) is 5.82 Å². The summed E-state index contributed by atoms with van der Waals surface area (Å²) in [4.78, 5) is 23.3. The van der Waals surface area contributed by atoms with Gasteiger partial charge in [-0.15, -0.1) is 0 Å². The fourth-order valence-electron chi connectivity index (χ4n) is 4.31. The Balaban J connectivity index is 1.32. The Hall–Kier alpha value is -3.53. The second-order valence-corrected chi connectivity index (χ2v) is 8.03. The van der Waals surface area contributed by atoms with Crippen LogP contribution in [0.5, 0.6) is 0 Å². The Labute approximate surface area is 174 Å². The first kappa shape index (κ1) is 18.5. The predicted octanol–water partition coefficient (Wildman–Crippen LogP) is 2.59. The van der Waals surface area contributed by atoms with E-state index in [1.165, 1.54) is 12.0 Å². The van der Waals surface area contributed by atoms with Gasteiger partial charge in [-0.05, 0) is 55.5 Å². The number of anilines is 1. The molecule has 0 spiro atoms. The minimum atomic E-state index is -0.101. The van der Waals surface area contributed by atoms with Crippen molar-refractivity contribution in [2.45, 2.75) is 32.2 Å². The highest BCUT2D eigenvalue weighted by Gasteiger charge is 2.31. The highest BCUT2D eigenvalue weighted by Crippen LogP contribution is 2.30. The maximum absolute atomic E-state index is 12.3. The van der Waals surface area contributed by atoms with Gasteiger partial charge in [-0.1, -0.05) is 0 Å². The van der Waals surface area contributed by atoms with E-state index in [0.29, 0.717) is 18.0 Å². The van der Waals surface area contributed by atoms with Gasteiger partial charge in [0.2, 0.25) is 0 Å². The van der Waals surface area contributed by atoms with Gasteiger partial charge in [0, 0.05) is 48.7 Å². The van der Waals surface area contributed by atoms with Crippen molar-refractivity contribution in [2.75, 3.05) is 18.0 Å². The SMILES string of the molecule is N#Cc1cc2c(nc1N1CC(Cn3nc(-c4ccncc4)ccc3=O)C1)CCCC2. The number of rotatable bonds is 4. The van der Waals surface area contributed by atoms with Crippen LogP contribution >= 0.6 is 0 Å². The summed E-state index contributed by atoms with van der Waals surface area (Å²) in [6, 6.07) is 11.4. The van der Waals surface area contributed by atoms with E-state index in [2.05, 4.69) is 21.1 Å². The van der Waals surface area contributed by atoms with E-state index in [1.807, 2.05) is 18.2 Å². The zero-order valence-corrected chi connectivity index (χ0v) is 16.7. The molecule has 4 heterocycles. The summed E-state index contributed by atoms with van der Waals surface area (Å²) >= 11 is 0. The van der Waals surface area contributed by atoms with Crippen molar-refractivity contribution < 1.29 is 0 Å². The first-order chi connectivity index (χ1) is 14.7. The molecule has 30 heavy (non-hydrogen) atoms. The molecule has 0 atom stereocenters. The topological polar surface area (TPSA) is 87.7 Å². The highest BCUT2D eigenvalue weighted by molar-refractivity contribution is 5.58. The lowest BCUT2D eigenvalue weighted by Gasteiger charge is -2.41. The average Bonchev–Trinajstić information content (AvgIpc) is 2.77. The summed E-state index contributed by atoms with van der Waals surface area (Å²) in [5.41, 5.74) is 4.62. The van der Waals surface area contributed by atoms with E-state index >= 15 is 0 Å². The number of hydrogen-bond acceptors (Lipinski definition) is 6. The lowest BCUT2D eigenvalue weighted by atomic mass is 9.93. The van der Waals surface area contributed by atoms with Crippen LogP contribution in [0.1, 0.15) is 29.7 Å². The first-order valence-corrected chi connectivity index (χ1v) is 10.4. The van der Waals surface area contributed by atoms with Gasteiger partial charge in [0.15, 0.2) is 0 Å². The number of hydrogen-bond donors (Lipinski definition) is 0. The largest absolute Gasteiger partial charge is 0.355 e. The third-order valence-corrected chi connectivity index (χ3v) is 5.93. The number of aryl methyl sites for hydroxylation is 2. The van der Waals surface area contributed by atoms with Crippen molar-refractivity contribution in [2.24, 2.45) is 5.92 Å². The standard InChI is InChI=1S/C23H22N6O/c24-12-19-11-18-3-1-2-4-20(18)26-23(19)28-13-16(14-28)15-29-22(30)6-5-21(27-29)17-7-9-25-10-8-17/h5-11,16H,1-4,13-15H2. The lowest BCUT2D eigenvalue weighted by Crippen LogP contribution is -2.50. The molecule has 0 aromatic carbocycles. The van der Waals surface area contributed by atoms with Gasteiger partial charge >= 0.3 is 0 Å². The zero-order valence-electron chi connectivity index (χ0n) is 16.7. The fourth-order valence-corrected chi connectivity index (χ4v) is 4.31. The molecule has 3 aromatic heterocycles. The van der Waals surface area contributed by atoms with Gasteiger partial charge in [0.25, 0.3) is 5.56 Å². The Kier molecular flexibility index (Phi) is 4.75. The summed E-state index contributed by atoms with van der Waals surface area (Å²) in [5.74, 6) is 1.09. The third kappa shape index (κ3) is 3.45. The van der Waals surface area contributed by atoms with Crippen molar-refractivity contribution in [1.82, 2.24) is 19.7 Å². The average molecular weight is 398 g/mol. The molecule has 1 aliphatic heterocycles. The molecule has 0 bridgehead atoms. The lowest BCUT2D eigenvalue weighted by molar-refractivity contribution is 0.333. The molecule has 0 saturated carbocycles. The maximum atomic E-state index is 12.3. The summed E-state index contributed by atoms with van der Waals surface area (Å²) in [7, 11) is 0. The Bertz CT molecular complexity index is 1170. The maximum Gasteiger partial charge on any atom is 0.266 e. The van der Waals surface area contributed by atoms with Crippen LogP contribution in [0.3, 0.4) is 0 Å². The van der Waals surface area contributed by atoms with Crippen LogP contribution in [0, 0.1) is 17.2 Å². The summed E-state index contributed by atoms with van der Waals surface area (Å²) in [6.45, 7) is 2.10. The minimum Gasteiger partial charge on any atom is -0.355 e. The molecule has 1 fully saturated rings. The molecule has 0 N–H and O–H groups in total. The second kappa shape index (κ2) is 7.71. The number of nitrogens with zero attached hydrogens (tertiary/aromatic N) is 6. The minimum absolute atomic E-state index is 0.101. The van der Waals surface area contributed by atoms with E-state index in [9.17, 15) is 10.1 Å². The highest BCUT2D eigenvalue weighted by atomic mass is 16.1.